The Kier molecular flexibility index (Phi) is 11.0. The van der Waals surface area contributed by atoms with E-state index in [1.54, 1.807) is 0 Å². The van der Waals surface area contributed by atoms with Crippen LogP contribution in [0, 0.1) is 6.92 Å². The minimum atomic E-state index is 0. The lowest BCUT2D eigenvalue weighted by Gasteiger charge is -2.36. The van der Waals surface area contributed by atoms with E-state index in [-0.39, 0.29) is 24.0 Å². The fourth-order valence-electron chi connectivity index (χ4n) is 3.26. The predicted molar refractivity (Wildman–Crippen MR) is 133 cm³/mol. The Hall–Kier alpha value is -1.24. The summed E-state index contributed by atoms with van der Waals surface area (Å²) in [5.41, 5.74) is 0. The van der Waals surface area contributed by atoms with Gasteiger partial charge >= 0.3 is 0 Å². The monoisotopic (exact) mass is 547 g/mol. The average molecular weight is 548 g/mol. The maximum atomic E-state index is 5.45. The lowest BCUT2D eigenvalue weighted by molar-refractivity contribution is 0.145. The molecule has 30 heavy (non-hydrogen) atoms. The van der Waals surface area contributed by atoms with Crippen molar-refractivity contribution in [2.45, 2.75) is 33.4 Å². The van der Waals surface area contributed by atoms with E-state index in [1.165, 1.54) is 4.88 Å². The Balaban J connectivity index is 0.00000320. The Bertz CT molecular complexity index is 757. The fourth-order valence-corrected chi connectivity index (χ4v) is 4.01. The van der Waals surface area contributed by atoms with Crippen LogP contribution in [0.4, 0.5) is 0 Å². The molecule has 3 rings (SSSR count). The minimum absolute atomic E-state index is 0. The number of piperazine rings is 1. The number of thiophene rings is 1. The van der Waals surface area contributed by atoms with Gasteiger partial charge < -0.3 is 19.5 Å². The molecule has 1 saturated heterocycles. The first-order valence-corrected chi connectivity index (χ1v) is 11.3. The van der Waals surface area contributed by atoms with Crippen molar-refractivity contribution in [1.82, 2.24) is 29.9 Å². The van der Waals surface area contributed by atoms with E-state index in [1.807, 2.05) is 36.8 Å². The number of aliphatic imine (C=N–C) groups is 1. The van der Waals surface area contributed by atoms with Crippen molar-refractivity contribution < 1.29 is 4.74 Å². The van der Waals surface area contributed by atoms with Crippen molar-refractivity contribution in [3.05, 3.63) is 34.0 Å². The first-order valence-electron chi connectivity index (χ1n) is 10.4. The van der Waals surface area contributed by atoms with Crippen LogP contribution in [0.15, 0.2) is 22.5 Å². The van der Waals surface area contributed by atoms with E-state index in [0.29, 0.717) is 6.54 Å². The molecule has 0 atom stereocenters. The Morgan fingerprint density at radius 3 is 2.70 bits per heavy atom. The van der Waals surface area contributed by atoms with Gasteiger partial charge in [-0.2, -0.15) is 0 Å². The van der Waals surface area contributed by atoms with E-state index in [4.69, 9.17) is 9.73 Å². The average Bonchev–Trinajstić information content (AvgIpc) is 3.35. The van der Waals surface area contributed by atoms with Crippen molar-refractivity contribution in [2.75, 3.05) is 45.9 Å². The van der Waals surface area contributed by atoms with Crippen LogP contribution in [0.5, 0.6) is 0 Å². The second-order valence-corrected chi connectivity index (χ2v) is 8.21. The van der Waals surface area contributed by atoms with Gasteiger partial charge in [0, 0.05) is 64.4 Å². The van der Waals surface area contributed by atoms with Crippen LogP contribution in [0.2, 0.25) is 0 Å². The first-order chi connectivity index (χ1) is 14.2. The first kappa shape index (κ1) is 25.0. The van der Waals surface area contributed by atoms with Crippen LogP contribution in [-0.4, -0.2) is 76.5 Å². The van der Waals surface area contributed by atoms with Gasteiger partial charge in [0.05, 0.1) is 0 Å². The molecule has 3 heterocycles. The SMILES string of the molecule is CCOCCCNC(=NCc1nnc(C)n1C)N1CCN(Cc2cccs2)CC1.I. The summed E-state index contributed by atoms with van der Waals surface area (Å²) in [7, 11) is 1.98. The van der Waals surface area contributed by atoms with Crippen LogP contribution in [0.25, 0.3) is 0 Å². The molecule has 0 aromatic carbocycles. The van der Waals surface area contributed by atoms with E-state index in [2.05, 4.69) is 42.8 Å². The molecule has 0 unspecified atom stereocenters. The van der Waals surface area contributed by atoms with Gasteiger partial charge in [0.1, 0.15) is 12.4 Å². The molecule has 2 aromatic heterocycles. The summed E-state index contributed by atoms with van der Waals surface area (Å²) in [6.45, 7) is 12.0. The molecule has 2 aromatic rings. The summed E-state index contributed by atoms with van der Waals surface area (Å²) >= 11 is 1.83. The summed E-state index contributed by atoms with van der Waals surface area (Å²) < 4.78 is 7.45. The Morgan fingerprint density at radius 2 is 2.07 bits per heavy atom. The highest BCUT2D eigenvalue weighted by Crippen LogP contribution is 2.13. The number of rotatable bonds is 9. The third kappa shape index (κ3) is 7.47. The summed E-state index contributed by atoms with van der Waals surface area (Å²) in [6.07, 6.45) is 0.967. The number of nitrogens with one attached hydrogen (secondary N) is 1. The highest BCUT2D eigenvalue weighted by Gasteiger charge is 2.20. The zero-order chi connectivity index (χ0) is 20.5. The summed E-state index contributed by atoms with van der Waals surface area (Å²) in [6, 6.07) is 4.34. The lowest BCUT2D eigenvalue weighted by atomic mass is 10.3. The highest BCUT2D eigenvalue weighted by atomic mass is 127. The molecule has 1 fully saturated rings. The van der Waals surface area contributed by atoms with Crippen LogP contribution in [0.1, 0.15) is 29.9 Å². The molecule has 10 heteroatoms. The molecular weight excluding hydrogens is 513 g/mol. The number of aryl methyl sites for hydroxylation is 1. The molecule has 0 saturated carbocycles. The molecular formula is C20H34IN7OS. The number of hydrogen-bond acceptors (Lipinski definition) is 6. The van der Waals surface area contributed by atoms with Crippen molar-refractivity contribution >= 4 is 41.3 Å². The zero-order valence-corrected chi connectivity index (χ0v) is 21.4. The van der Waals surface area contributed by atoms with E-state index in [0.717, 1.165) is 76.5 Å². The lowest BCUT2D eigenvalue weighted by Crippen LogP contribution is -2.52. The second kappa shape index (κ2) is 13.2. The summed E-state index contributed by atoms with van der Waals surface area (Å²) in [4.78, 5) is 11.2. The smallest absolute Gasteiger partial charge is 0.194 e. The third-order valence-electron chi connectivity index (χ3n) is 5.14. The van der Waals surface area contributed by atoms with E-state index >= 15 is 0 Å². The molecule has 0 radical (unpaired) electrons. The van der Waals surface area contributed by atoms with Gasteiger partial charge in [0.2, 0.25) is 0 Å². The Morgan fingerprint density at radius 1 is 1.27 bits per heavy atom. The van der Waals surface area contributed by atoms with Gasteiger partial charge in [0.25, 0.3) is 0 Å². The number of aromatic nitrogens is 3. The topological polar surface area (TPSA) is 70.8 Å². The van der Waals surface area contributed by atoms with Crippen LogP contribution in [0.3, 0.4) is 0 Å². The van der Waals surface area contributed by atoms with Gasteiger partial charge in [-0.15, -0.1) is 45.5 Å². The van der Waals surface area contributed by atoms with Gasteiger partial charge in [-0.1, -0.05) is 6.07 Å². The fraction of sp³-hybridized carbons (Fsp3) is 0.650. The van der Waals surface area contributed by atoms with Gasteiger partial charge in [-0.3, -0.25) is 4.90 Å². The van der Waals surface area contributed by atoms with Gasteiger partial charge in [-0.25, -0.2) is 4.99 Å². The normalized spacial score (nSPS) is 15.3. The van der Waals surface area contributed by atoms with Gasteiger partial charge in [0.15, 0.2) is 11.8 Å². The molecule has 8 nitrogen and oxygen atoms in total. The van der Waals surface area contributed by atoms with Crippen LogP contribution in [-0.2, 0) is 24.9 Å². The largest absolute Gasteiger partial charge is 0.382 e. The highest BCUT2D eigenvalue weighted by molar-refractivity contribution is 14.0. The summed E-state index contributed by atoms with van der Waals surface area (Å²) in [5.74, 6) is 2.74. The van der Waals surface area contributed by atoms with Crippen molar-refractivity contribution in [3.63, 3.8) is 0 Å². The van der Waals surface area contributed by atoms with Gasteiger partial charge in [-0.05, 0) is 31.7 Å². The second-order valence-electron chi connectivity index (χ2n) is 7.18. The standard InChI is InChI=1S/C20H33N7OS.HI/c1-4-28-13-6-8-21-20(22-15-19-24-23-17(2)25(19)3)27-11-9-26(10-12-27)16-18-7-5-14-29-18;/h5,7,14H,4,6,8-13,15-16H2,1-3H3,(H,21,22);1H. The third-order valence-corrected chi connectivity index (χ3v) is 6.00. The quantitative estimate of drug-likeness (QED) is 0.225. The number of guanidine groups is 1. The van der Waals surface area contributed by atoms with Crippen LogP contribution < -0.4 is 5.32 Å². The Labute approximate surface area is 200 Å². The maximum absolute atomic E-state index is 5.45. The number of hydrogen-bond donors (Lipinski definition) is 1. The summed E-state index contributed by atoms with van der Waals surface area (Å²) in [5, 5.41) is 14.1. The molecule has 1 N–H and O–H groups in total. The van der Waals surface area contributed by atoms with Crippen LogP contribution >= 0.6 is 35.3 Å². The van der Waals surface area contributed by atoms with Crippen molar-refractivity contribution in [1.29, 1.82) is 0 Å². The number of nitrogens with zero attached hydrogens (tertiary/aromatic N) is 6. The predicted octanol–water partition coefficient (Wildman–Crippen LogP) is 2.49. The molecule has 1 aliphatic heterocycles. The number of halogens is 1. The van der Waals surface area contributed by atoms with Crippen molar-refractivity contribution in [3.8, 4) is 0 Å². The zero-order valence-electron chi connectivity index (χ0n) is 18.2. The van der Waals surface area contributed by atoms with E-state index in [9.17, 15) is 0 Å². The maximum Gasteiger partial charge on any atom is 0.194 e. The molecule has 0 amide bonds. The molecule has 168 valence electrons. The minimum Gasteiger partial charge on any atom is -0.382 e. The molecule has 0 aliphatic carbocycles. The number of ether oxygens (including phenoxy) is 1. The van der Waals surface area contributed by atoms with E-state index < -0.39 is 0 Å². The molecule has 1 aliphatic rings. The van der Waals surface area contributed by atoms with Crippen molar-refractivity contribution in [2.24, 2.45) is 12.0 Å². The molecule has 0 bridgehead atoms. The molecule has 0 spiro atoms.